The van der Waals surface area contributed by atoms with Gasteiger partial charge in [0.15, 0.2) is 6.10 Å². The molecule has 1 heterocycles. The lowest BCUT2D eigenvalue weighted by atomic mass is 10.1. The van der Waals surface area contributed by atoms with Gasteiger partial charge in [-0.3, -0.25) is 4.98 Å². The molecule has 82 valence electrons. The number of hydrogen-bond acceptors (Lipinski definition) is 7. The number of aliphatic hydroxyl groups is 2. The summed E-state index contributed by atoms with van der Waals surface area (Å²) in [5, 5.41) is 18.8. The Kier molecular flexibility index (Phi) is 3.53. The Labute approximate surface area is 85.5 Å². The standard InChI is InChI=1S/C8H11N3O4/c1-15-8(14)7(13)6(12)4-2-11-5(9)3-10-4/h2-3,6-7,12-13H,1H3,(H2,9,11). The van der Waals surface area contributed by atoms with Gasteiger partial charge in [0.2, 0.25) is 0 Å². The van der Waals surface area contributed by atoms with E-state index in [9.17, 15) is 15.0 Å². The highest BCUT2D eigenvalue weighted by Gasteiger charge is 2.27. The van der Waals surface area contributed by atoms with Gasteiger partial charge >= 0.3 is 5.97 Å². The first kappa shape index (κ1) is 11.3. The van der Waals surface area contributed by atoms with Crippen LogP contribution in [-0.2, 0) is 9.53 Å². The number of nitrogen functional groups attached to an aromatic ring is 1. The number of aromatic nitrogens is 2. The summed E-state index contributed by atoms with van der Waals surface area (Å²) in [6, 6.07) is 0. The molecule has 0 radical (unpaired) electrons. The van der Waals surface area contributed by atoms with E-state index in [1.165, 1.54) is 12.4 Å². The van der Waals surface area contributed by atoms with E-state index in [4.69, 9.17) is 5.73 Å². The molecule has 0 aliphatic carbocycles. The molecule has 7 nitrogen and oxygen atoms in total. The summed E-state index contributed by atoms with van der Waals surface area (Å²) in [7, 11) is 1.10. The Morgan fingerprint density at radius 2 is 2.13 bits per heavy atom. The van der Waals surface area contributed by atoms with Crippen LogP contribution < -0.4 is 5.73 Å². The Morgan fingerprint density at radius 1 is 1.47 bits per heavy atom. The summed E-state index contributed by atoms with van der Waals surface area (Å²) in [6.45, 7) is 0. The fourth-order valence-corrected chi connectivity index (χ4v) is 0.912. The SMILES string of the molecule is COC(=O)C(O)C(O)c1cnc(N)cn1. The molecule has 0 aliphatic heterocycles. The van der Waals surface area contributed by atoms with Crippen molar-refractivity contribution in [2.75, 3.05) is 12.8 Å². The number of nitrogens with zero attached hydrogens (tertiary/aromatic N) is 2. The van der Waals surface area contributed by atoms with Crippen molar-refractivity contribution < 1.29 is 19.7 Å². The first-order chi connectivity index (χ1) is 7.06. The third-order valence-corrected chi connectivity index (χ3v) is 1.74. The normalized spacial score (nSPS) is 14.3. The van der Waals surface area contributed by atoms with Crippen molar-refractivity contribution in [1.29, 1.82) is 0 Å². The second kappa shape index (κ2) is 4.67. The van der Waals surface area contributed by atoms with Gasteiger partial charge in [0.25, 0.3) is 0 Å². The first-order valence-electron chi connectivity index (χ1n) is 4.07. The highest BCUT2D eigenvalue weighted by molar-refractivity contribution is 5.75. The lowest BCUT2D eigenvalue weighted by molar-refractivity contribution is -0.157. The maximum Gasteiger partial charge on any atom is 0.337 e. The topological polar surface area (TPSA) is 119 Å². The molecule has 15 heavy (non-hydrogen) atoms. The number of carbonyl (C=O) groups is 1. The molecule has 0 amide bonds. The number of anilines is 1. The van der Waals surface area contributed by atoms with Gasteiger partial charge in [0.05, 0.1) is 25.2 Å². The van der Waals surface area contributed by atoms with Crippen molar-refractivity contribution in [2.24, 2.45) is 0 Å². The van der Waals surface area contributed by atoms with Crippen molar-refractivity contribution in [1.82, 2.24) is 9.97 Å². The van der Waals surface area contributed by atoms with Crippen LogP contribution in [0.4, 0.5) is 5.82 Å². The largest absolute Gasteiger partial charge is 0.467 e. The molecule has 1 aromatic heterocycles. The molecule has 0 spiro atoms. The molecule has 4 N–H and O–H groups in total. The molecule has 1 aromatic rings. The Bertz CT molecular complexity index is 340. The van der Waals surface area contributed by atoms with Gasteiger partial charge in [-0.05, 0) is 0 Å². The first-order valence-corrected chi connectivity index (χ1v) is 4.07. The van der Waals surface area contributed by atoms with Gasteiger partial charge in [-0.2, -0.15) is 0 Å². The zero-order chi connectivity index (χ0) is 11.4. The van der Waals surface area contributed by atoms with E-state index in [0.29, 0.717) is 0 Å². The van der Waals surface area contributed by atoms with Gasteiger partial charge in [-0.1, -0.05) is 0 Å². The maximum absolute atomic E-state index is 10.9. The molecule has 0 saturated heterocycles. The number of hydrogen-bond donors (Lipinski definition) is 3. The zero-order valence-electron chi connectivity index (χ0n) is 7.99. The fraction of sp³-hybridized carbons (Fsp3) is 0.375. The van der Waals surface area contributed by atoms with Crippen molar-refractivity contribution >= 4 is 11.8 Å². The third-order valence-electron chi connectivity index (χ3n) is 1.74. The number of aliphatic hydroxyl groups excluding tert-OH is 2. The second-order valence-electron chi connectivity index (χ2n) is 2.78. The summed E-state index contributed by atoms with van der Waals surface area (Å²) >= 11 is 0. The highest BCUT2D eigenvalue weighted by atomic mass is 16.5. The molecular formula is C8H11N3O4. The molecule has 2 unspecified atom stereocenters. The quantitative estimate of drug-likeness (QED) is 0.530. The average Bonchev–Trinajstić information content (AvgIpc) is 2.27. The van der Waals surface area contributed by atoms with Crippen LogP contribution in [0.25, 0.3) is 0 Å². The van der Waals surface area contributed by atoms with Gasteiger partial charge in [-0.15, -0.1) is 0 Å². The Balaban J connectivity index is 2.80. The van der Waals surface area contributed by atoms with Crippen LogP contribution in [0.2, 0.25) is 0 Å². The van der Waals surface area contributed by atoms with Crippen molar-refractivity contribution in [3.63, 3.8) is 0 Å². The summed E-state index contributed by atoms with van der Waals surface area (Å²) in [4.78, 5) is 18.3. The van der Waals surface area contributed by atoms with E-state index in [-0.39, 0.29) is 11.5 Å². The minimum absolute atomic E-state index is 0.0436. The van der Waals surface area contributed by atoms with Crippen LogP contribution in [0.5, 0.6) is 0 Å². The van der Waals surface area contributed by atoms with Crippen LogP contribution in [0.3, 0.4) is 0 Å². The summed E-state index contributed by atoms with van der Waals surface area (Å²) < 4.78 is 4.26. The van der Waals surface area contributed by atoms with Crippen molar-refractivity contribution in [3.05, 3.63) is 18.1 Å². The van der Waals surface area contributed by atoms with Crippen molar-refractivity contribution in [3.8, 4) is 0 Å². The monoisotopic (exact) mass is 213 g/mol. The van der Waals surface area contributed by atoms with E-state index in [2.05, 4.69) is 14.7 Å². The zero-order valence-corrected chi connectivity index (χ0v) is 7.99. The Morgan fingerprint density at radius 3 is 2.60 bits per heavy atom. The Hall–Kier alpha value is -1.73. The molecule has 0 aliphatic rings. The molecule has 7 heteroatoms. The van der Waals surface area contributed by atoms with Gasteiger partial charge in [0.1, 0.15) is 11.9 Å². The predicted octanol–water partition coefficient (Wildman–Crippen LogP) is -1.37. The maximum atomic E-state index is 10.9. The molecule has 0 bridgehead atoms. The molecule has 1 rings (SSSR count). The molecular weight excluding hydrogens is 202 g/mol. The van der Waals surface area contributed by atoms with Gasteiger partial charge < -0.3 is 20.7 Å². The predicted molar refractivity (Wildman–Crippen MR) is 49.4 cm³/mol. The molecule has 0 saturated carbocycles. The van der Waals surface area contributed by atoms with Gasteiger partial charge in [0, 0.05) is 0 Å². The summed E-state index contributed by atoms with van der Waals surface area (Å²) in [5.41, 5.74) is 5.32. The minimum atomic E-state index is -1.69. The molecule has 2 atom stereocenters. The van der Waals surface area contributed by atoms with E-state index in [1.54, 1.807) is 0 Å². The van der Waals surface area contributed by atoms with Crippen LogP contribution in [0.15, 0.2) is 12.4 Å². The third kappa shape index (κ3) is 2.61. The lowest BCUT2D eigenvalue weighted by Crippen LogP contribution is -2.29. The number of methoxy groups -OCH3 is 1. The van der Waals surface area contributed by atoms with E-state index in [1.807, 2.05) is 0 Å². The van der Waals surface area contributed by atoms with Gasteiger partial charge in [-0.25, -0.2) is 9.78 Å². The smallest absolute Gasteiger partial charge is 0.337 e. The summed E-state index contributed by atoms with van der Waals surface area (Å²) in [6.07, 6.45) is -0.784. The van der Waals surface area contributed by atoms with Crippen molar-refractivity contribution in [2.45, 2.75) is 12.2 Å². The van der Waals surface area contributed by atoms with Crippen LogP contribution in [-0.4, -0.2) is 39.4 Å². The fourth-order valence-electron chi connectivity index (χ4n) is 0.912. The van der Waals surface area contributed by atoms with E-state index in [0.717, 1.165) is 7.11 Å². The number of nitrogens with two attached hydrogens (primary N) is 1. The highest BCUT2D eigenvalue weighted by Crippen LogP contribution is 2.14. The molecule has 0 aromatic carbocycles. The lowest BCUT2D eigenvalue weighted by Gasteiger charge is -2.14. The van der Waals surface area contributed by atoms with Crippen LogP contribution >= 0.6 is 0 Å². The average molecular weight is 213 g/mol. The summed E-state index contributed by atoms with van der Waals surface area (Å²) in [5.74, 6) is -0.764. The van der Waals surface area contributed by atoms with E-state index < -0.39 is 18.2 Å². The van der Waals surface area contributed by atoms with Crippen LogP contribution in [0, 0.1) is 0 Å². The minimum Gasteiger partial charge on any atom is -0.467 e. The van der Waals surface area contributed by atoms with Crippen LogP contribution in [0.1, 0.15) is 11.8 Å². The van der Waals surface area contributed by atoms with E-state index >= 15 is 0 Å². The second-order valence-corrected chi connectivity index (χ2v) is 2.78. The number of carbonyl (C=O) groups excluding carboxylic acids is 1. The number of esters is 1. The molecule has 0 fully saturated rings. The number of ether oxygens (including phenoxy) is 1. The number of rotatable bonds is 3.